The van der Waals surface area contributed by atoms with Crippen molar-refractivity contribution in [3.8, 4) is 11.5 Å². The average molecular weight is 327 g/mol. The van der Waals surface area contributed by atoms with E-state index in [-0.39, 0.29) is 21.6 Å². The zero-order valence-corrected chi connectivity index (χ0v) is 11.5. The molecule has 0 amide bonds. The van der Waals surface area contributed by atoms with Crippen LogP contribution >= 0.6 is 15.9 Å². The Kier molecular flexibility index (Phi) is 3.95. The average Bonchev–Trinajstić information content (AvgIpc) is 2.36. The Balaban J connectivity index is 2.37. The van der Waals surface area contributed by atoms with Crippen molar-refractivity contribution in [2.45, 2.75) is 6.92 Å². The summed E-state index contributed by atoms with van der Waals surface area (Å²) in [6, 6.07) is 7.76. The van der Waals surface area contributed by atoms with E-state index in [1.807, 2.05) is 0 Å². The second-order valence-electron chi connectivity index (χ2n) is 3.87. The van der Waals surface area contributed by atoms with Crippen LogP contribution in [0.3, 0.4) is 0 Å². The molecule has 0 aliphatic heterocycles. The standard InChI is InChI=1S/C14H9BrF2O2/c1-8(18)11-6-9(16)2-5-14(11)19-10-3-4-13(17)12(15)7-10/h2-7H,1H3. The second kappa shape index (κ2) is 5.48. The predicted octanol–water partition coefficient (Wildman–Crippen LogP) is 4.72. The van der Waals surface area contributed by atoms with Gasteiger partial charge in [-0.15, -0.1) is 0 Å². The van der Waals surface area contributed by atoms with Crippen molar-refractivity contribution in [1.29, 1.82) is 0 Å². The van der Waals surface area contributed by atoms with Crippen molar-refractivity contribution in [3.63, 3.8) is 0 Å². The van der Waals surface area contributed by atoms with Crippen LogP contribution in [0.4, 0.5) is 8.78 Å². The highest BCUT2D eigenvalue weighted by Crippen LogP contribution is 2.29. The van der Waals surface area contributed by atoms with Gasteiger partial charge in [-0.05, 0) is 59.3 Å². The number of Topliss-reactive ketones (excluding diaryl/α,β-unsaturated/α-hetero) is 1. The normalized spacial score (nSPS) is 10.3. The molecule has 2 aromatic carbocycles. The van der Waals surface area contributed by atoms with Crippen molar-refractivity contribution in [2.75, 3.05) is 0 Å². The minimum absolute atomic E-state index is 0.139. The van der Waals surface area contributed by atoms with E-state index in [2.05, 4.69) is 15.9 Å². The number of ketones is 1. The molecule has 0 atom stereocenters. The summed E-state index contributed by atoms with van der Waals surface area (Å²) >= 11 is 3.04. The summed E-state index contributed by atoms with van der Waals surface area (Å²) in [7, 11) is 0. The first-order valence-electron chi connectivity index (χ1n) is 5.41. The highest BCUT2D eigenvalue weighted by Gasteiger charge is 2.11. The molecule has 2 nitrogen and oxygen atoms in total. The molecule has 0 fully saturated rings. The smallest absolute Gasteiger partial charge is 0.163 e. The third-order valence-corrected chi connectivity index (χ3v) is 3.05. The van der Waals surface area contributed by atoms with E-state index < -0.39 is 11.6 Å². The molecule has 98 valence electrons. The van der Waals surface area contributed by atoms with Gasteiger partial charge in [-0.2, -0.15) is 0 Å². The minimum Gasteiger partial charge on any atom is -0.457 e. The highest BCUT2D eigenvalue weighted by molar-refractivity contribution is 9.10. The number of halogens is 3. The first-order valence-corrected chi connectivity index (χ1v) is 6.20. The van der Waals surface area contributed by atoms with Crippen LogP contribution < -0.4 is 4.74 Å². The van der Waals surface area contributed by atoms with Crippen LogP contribution in [-0.2, 0) is 0 Å². The Morgan fingerprint density at radius 1 is 1.16 bits per heavy atom. The molecule has 0 bridgehead atoms. The van der Waals surface area contributed by atoms with Crippen molar-refractivity contribution in [1.82, 2.24) is 0 Å². The maximum atomic E-state index is 13.1. The molecule has 19 heavy (non-hydrogen) atoms. The second-order valence-corrected chi connectivity index (χ2v) is 4.73. The van der Waals surface area contributed by atoms with Crippen molar-refractivity contribution < 1.29 is 18.3 Å². The summed E-state index contributed by atoms with van der Waals surface area (Å²) in [5.74, 6) is -0.665. The quantitative estimate of drug-likeness (QED) is 0.763. The van der Waals surface area contributed by atoms with Crippen LogP contribution in [-0.4, -0.2) is 5.78 Å². The molecular weight excluding hydrogens is 318 g/mol. The Morgan fingerprint density at radius 2 is 1.89 bits per heavy atom. The maximum Gasteiger partial charge on any atom is 0.163 e. The zero-order chi connectivity index (χ0) is 14.0. The van der Waals surface area contributed by atoms with E-state index in [1.165, 1.54) is 37.3 Å². The van der Waals surface area contributed by atoms with Gasteiger partial charge in [-0.1, -0.05) is 0 Å². The van der Waals surface area contributed by atoms with Gasteiger partial charge in [0.25, 0.3) is 0 Å². The van der Waals surface area contributed by atoms with E-state index in [9.17, 15) is 13.6 Å². The number of rotatable bonds is 3. The zero-order valence-electron chi connectivity index (χ0n) is 9.91. The van der Waals surface area contributed by atoms with Crippen LogP contribution in [0.15, 0.2) is 40.9 Å². The largest absolute Gasteiger partial charge is 0.457 e. The van der Waals surface area contributed by atoms with Crippen LogP contribution in [0.2, 0.25) is 0 Å². The summed E-state index contributed by atoms with van der Waals surface area (Å²) in [4.78, 5) is 11.4. The van der Waals surface area contributed by atoms with Gasteiger partial charge in [0.2, 0.25) is 0 Å². The molecule has 2 aromatic rings. The first kappa shape index (κ1) is 13.7. The van der Waals surface area contributed by atoms with E-state index in [0.29, 0.717) is 5.75 Å². The molecule has 0 spiro atoms. The monoisotopic (exact) mass is 326 g/mol. The number of hydrogen-bond donors (Lipinski definition) is 0. The molecule has 0 aromatic heterocycles. The van der Waals surface area contributed by atoms with Gasteiger partial charge in [0.05, 0.1) is 10.0 Å². The van der Waals surface area contributed by atoms with E-state index in [1.54, 1.807) is 0 Å². The van der Waals surface area contributed by atoms with Gasteiger partial charge in [-0.25, -0.2) is 8.78 Å². The fraction of sp³-hybridized carbons (Fsp3) is 0.0714. The summed E-state index contributed by atoms with van der Waals surface area (Å²) in [5, 5.41) is 0. The maximum absolute atomic E-state index is 13.1. The molecule has 0 aliphatic rings. The Labute approximate surface area is 117 Å². The topological polar surface area (TPSA) is 26.3 Å². The molecular formula is C14H9BrF2O2. The van der Waals surface area contributed by atoms with Crippen LogP contribution in [0.25, 0.3) is 0 Å². The fourth-order valence-electron chi connectivity index (χ4n) is 1.53. The van der Waals surface area contributed by atoms with Gasteiger partial charge < -0.3 is 4.74 Å². The summed E-state index contributed by atoms with van der Waals surface area (Å²) in [6.45, 7) is 1.32. The summed E-state index contributed by atoms with van der Waals surface area (Å²) < 4.78 is 31.9. The van der Waals surface area contributed by atoms with Gasteiger partial charge in [0.15, 0.2) is 5.78 Å². The lowest BCUT2D eigenvalue weighted by molar-refractivity contribution is 0.101. The molecule has 0 saturated carbocycles. The van der Waals surface area contributed by atoms with Gasteiger partial charge in [-0.3, -0.25) is 4.79 Å². The van der Waals surface area contributed by atoms with E-state index >= 15 is 0 Å². The molecule has 0 radical (unpaired) electrons. The first-order chi connectivity index (χ1) is 8.97. The Morgan fingerprint density at radius 3 is 2.53 bits per heavy atom. The molecule has 0 unspecified atom stereocenters. The molecule has 0 saturated heterocycles. The lowest BCUT2D eigenvalue weighted by Crippen LogP contribution is -1.98. The number of carbonyl (C=O) groups excluding carboxylic acids is 1. The lowest BCUT2D eigenvalue weighted by atomic mass is 10.1. The lowest BCUT2D eigenvalue weighted by Gasteiger charge is -2.10. The molecule has 0 aliphatic carbocycles. The number of benzene rings is 2. The molecule has 0 heterocycles. The van der Waals surface area contributed by atoms with Crippen LogP contribution in [0.5, 0.6) is 11.5 Å². The highest BCUT2D eigenvalue weighted by atomic mass is 79.9. The van der Waals surface area contributed by atoms with E-state index in [0.717, 1.165) is 6.07 Å². The Bertz CT molecular complexity index is 641. The SMILES string of the molecule is CC(=O)c1cc(F)ccc1Oc1ccc(F)c(Br)c1. The Hall–Kier alpha value is -1.75. The minimum atomic E-state index is -0.516. The molecule has 0 N–H and O–H groups in total. The van der Waals surface area contributed by atoms with Crippen molar-refractivity contribution >= 4 is 21.7 Å². The summed E-state index contributed by atoms with van der Waals surface area (Å²) in [5.41, 5.74) is 0.139. The predicted molar refractivity (Wildman–Crippen MR) is 70.6 cm³/mol. The van der Waals surface area contributed by atoms with Gasteiger partial charge in [0.1, 0.15) is 23.1 Å². The fourth-order valence-corrected chi connectivity index (χ4v) is 1.89. The van der Waals surface area contributed by atoms with Crippen LogP contribution in [0, 0.1) is 11.6 Å². The number of carbonyl (C=O) groups is 1. The molecule has 5 heteroatoms. The van der Waals surface area contributed by atoms with Gasteiger partial charge in [0, 0.05) is 0 Å². The van der Waals surface area contributed by atoms with Gasteiger partial charge >= 0.3 is 0 Å². The molecule has 2 rings (SSSR count). The number of ether oxygens (including phenoxy) is 1. The van der Waals surface area contributed by atoms with Crippen molar-refractivity contribution in [3.05, 3.63) is 58.1 Å². The summed E-state index contributed by atoms with van der Waals surface area (Å²) in [6.07, 6.45) is 0. The number of hydrogen-bond acceptors (Lipinski definition) is 2. The third kappa shape index (κ3) is 3.17. The van der Waals surface area contributed by atoms with Crippen molar-refractivity contribution in [2.24, 2.45) is 0 Å². The van der Waals surface area contributed by atoms with E-state index in [4.69, 9.17) is 4.74 Å². The van der Waals surface area contributed by atoms with Crippen LogP contribution in [0.1, 0.15) is 17.3 Å². The third-order valence-electron chi connectivity index (χ3n) is 2.44.